The number of allylic oxidation sites excluding steroid dienone is 3. The van der Waals surface area contributed by atoms with Crippen molar-refractivity contribution < 1.29 is 4.79 Å². The number of carbonyl (C=O) groups excluding carboxylic acids is 1. The van der Waals surface area contributed by atoms with Gasteiger partial charge >= 0.3 is 0 Å². The first kappa shape index (κ1) is 18.5. The first-order valence-corrected chi connectivity index (χ1v) is 8.93. The molecule has 1 aromatic rings. The zero-order valence-corrected chi connectivity index (χ0v) is 16.3. The minimum atomic E-state index is -0.478. The van der Waals surface area contributed by atoms with E-state index in [-0.39, 0.29) is 11.2 Å². The van der Waals surface area contributed by atoms with Crippen LogP contribution >= 0.6 is 11.6 Å². The van der Waals surface area contributed by atoms with Gasteiger partial charge in [0.2, 0.25) is 0 Å². The Morgan fingerprint density at radius 2 is 2.04 bits per heavy atom. The molecule has 6 heteroatoms. The van der Waals surface area contributed by atoms with E-state index in [9.17, 15) is 10.1 Å². The van der Waals surface area contributed by atoms with Gasteiger partial charge in [0.05, 0.1) is 17.6 Å². The molecule has 2 N–H and O–H groups in total. The lowest BCUT2D eigenvalue weighted by atomic mass is 9.69. The Balaban J connectivity index is 2.30. The highest BCUT2D eigenvalue weighted by Crippen LogP contribution is 2.49. The monoisotopic (exact) mass is 370 g/mol. The lowest BCUT2D eigenvalue weighted by Gasteiger charge is -2.45. The minimum absolute atomic E-state index is 0.0633. The van der Waals surface area contributed by atoms with Crippen molar-refractivity contribution in [1.29, 1.82) is 5.26 Å². The summed E-state index contributed by atoms with van der Waals surface area (Å²) in [5.74, 6) is -0.0476. The van der Waals surface area contributed by atoms with E-state index >= 15 is 0 Å². The Morgan fingerprint density at radius 3 is 2.62 bits per heavy atom. The number of carbonyl (C=O) groups is 1. The van der Waals surface area contributed by atoms with Crippen molar-refractivity contribution in [3.63, 3.8) is 0 Å². The van der Waals surface area contributed by atoms with Gasteiger partial charge in [0, 0.05) is 36.8 Å². The third-order valence-corrected chi connectivity index (χ3v) is 5.17. The van der Waals surface area contributed by atoms with Crippen LogP contribution in [0.4, 0.5) is 0 Å². The zero-order valence-electron chi connectivity index (χ0n) is 15.5. The quantitative estimate of drug-likeness (QED) is 0.861. The highest BCUT2D eigenvalue weighted by atomic mass is 35.5. The fourth-order valence-corrected chi connectivity index (χ4v) is 4.17. The van der Waals surface area contributed by atoms with Gasteiger partial charge in [-0.1, -0.05) is 37.6 Å². The number of rotatable bonds is 2. The maximum Gasteiger partial charge on any atom is 0.162 e. The number of nitrogens with two attached hydrogens (primary N) is 1. The highest BCUT2D eigenvalue weighted by Gasteiger charge is 2.44. The van der Waals surface area contributed by atoms with E-state index in [4.69, 9.17) is 17.3 Å². The summed E-state index contributed by atoms with van der Waals surface area (Å²) in [6, 6.07) is 9.55. The molecule has 0 saturated carbocycles. The topological polar surface area (TPSA) is 73.4 Å². The lowest BCUT2D eigenvalue weighted by molar-refractivity contribution is -0.119. The summed E-state index contributed by atoms with van der Waals surface area (Å²) in [4.78, 5) is 13.1. The Bertz CT molecular complexity index is 876. The van der Waals surface area contributed by atoms with Crippen LogP contribution in [0.25, 0.3) is 0 Å². The Hall–Kier alpha value is -2.29. The third-order valence-electron chi connectivity index (χ3n) is 4.94. The molecule has 1 heterocycles. The normalized spacial score (nSPS) is 22.6. The fourth-order valence-electron chi connectivity index (χ4n) is 3.97. The number of Topliss-reactive ketones (excluding diaryl/α,β-unsaturated/α-hetero) is 1. The Labute approximate surface area is 159 Å². The van der Waals surface area contributed by atoms with Crippen LogP contribution in [0.5, 0.6) is 0 Å². The fraction of sp³-hybridized carbons (Fsp3) is 0.400. The van der Waals surface area contributed by atoms with Gasteiger partial charge in [0.1, 0.15) is 5.82 Å². The molecule has 1 aliphatic heterocycles. The van der Waals surface area contributed by atoms with E-state index in [0.29, 0.717) is 34.8 Å². The number of hydrogen-bond acceptors (Lipinski definition) is 5. The predicted molar refractivity (Wildman–Crippen MR) is 102 cm³/mol. The number of nitrogens with zero attached hydrogens (tertiary/aromatic N) is 3. The second kappa shape index (κ2) is 6.46. The van der Waals surface area contributed by atoms with E-state index in [1.54, 1.807) is 17.1 Å². The number of nitriles is 1. The summed E-state index contributed by atoms with van der Waals surface area (Å²) >= 11 is 6.18. The maximum atomic E-state index is 13.1. The standard InChI is InChI=1S/C20H23ClN4O/c1-20(2)9-15-18(16(26)10-20)17(12-6-5-7-13(21)8-12)14(11-22)19(23)25(15)24(3)4/h5-8,17H,9-10,23H2,1-4H3/t17-/m1/s1. The average Bonchev–Trinajstić information content (AvgIpc) is 2.52. The largest absolute Gasteiger partial charge is 0.383 e. The van der Waals surface area contributed by atoms with Crippen LogP contribution in [0.3, 0.4) is 0 Å². The van der Waals surface area contributed by atoms with Crippen molar-refractivity contribution >= 4 is 17.4 Å². The SMILES string of the molecule is CN(C)N1C(N)=C(C#N)[C@@H](c2cccc(Cl)c2)C2=C1CC(C)(C)CC2=O. The molecule has 0 aromatic heterocycles. The highest BCUT2D eigenvalue weighted by molar-refractivity contribution is 6.30. The van der Waals surface area contributed by atoms with Crippen LogP contribution < -0.4 is 5.73 Å². The molecule has 1 aromatic carbocycles. The van der Waals surface area contributed by atoms with Gasteiger partial charge < -0.3 is 5.73 Å². The number of benzene rings is 1. The van der Waals surface area contributed by atoms with Crippen molar-refractivity contribution in [1.82, 2.24) is 10.0 Å². The second-order valence-corrected chi connectivity index (χ2v) is 8.30. The molecule has 26 heavy (non-hydrogen) atoms. The molecule has 1 atom stereocenters. The van der Waals surface area contributed by atoms with E-state index < -0.39 is 5.92 Å². The van der Waals surface area contributed by atoms with Crippen molar-refractivity contribution in [2.45, 2.75) is 32.6 Å². The lowest BCUT2D eigenvalue weighted by Crippen LogP contribution is -2.47. The van der Waals surface area contributed by atoms with Gasteiger partial charge in [-0.25, -0.2) is 5.01 Å². The molecular weight excluding hydrogens is 348 g/mol. The number of halogens is 1. The molecule has 0 saturated heterocycles. The molecule has 0 fully saturated rings. The van der Waals surface area contributed by atoms with Gasteiger partial charge in [-0.05, 0) is 29.5 Å². The Kier molecular flexibility index (Phi) is 4.60. The summed E-state index contributed by atoms with van der Waals surface area (Å²) in [6.45, 7) is 4.16. The van der Waals surface area contributed by atoms with E-state index in [2.05, 4.69) is 19.9 Å². The summed E-state index contributed by atoms with van der Waals surface area (Å²) in [6.07, 6.45) is 1.16. The molecule has 2 aliphatic rings. The number of hydrogen-bond donors (Lipinski definition) is 1. The third kappa shape index (κ3) is 3.00. The van der Waals surface area contributed by atoms with Crippen LogP contribution in [0.1, 0.15) is 38.2 Å². The van der Waals surface area contributed by atoms with Crippen LogP contribution in [0.2, 0.25) is 5.02 Å². The van der Waals surface area contributed by atoms with Crippen molar-refractivity contribution in [2.24, 2.45) is 11.1 Å². The maximum absolute atomic E-state index is 13.1. The van der Waals surface area contributed by atoms with E-state index in [0.717, 1.165) is 11.3 Å². The molecule has 1 aliphatic carbocycles. The summed E-state index contributed by atoms with van der Waals surface area (Å²) in [5, 5.41) is 14.0. The van der Waals surface area contributed by atoms with Crippen LogP contribution in [-0.2, 0) is 4.79 Å². The zero-order chi connectivity index (χ0) is 19.2. The molecule has 0 spiro atoms. The average molecular weight is 371 g/mol. The van der Waals surface area contributed by atoms with Gasteiger partial charge in [-0.2, -0.15) is 5.26 Å². The summed E-state index contributed by atoms with van der Waals surface area (Å²) in [7, 11) is 3.72. The van der Waals surface area contributed by atoms with Gasteiger partial charge in [0.15, 0.2) is 5.78 Å². The summed E-state index contributed by atoms with van der Waals surface area (Å²) in [5.41, 5.74) is 8.97. The first-order chi connectivity index (χ1) is 12.2. The van der Waals surface area contributed by atoms with E-state index in [1.165, 1.54) is 0 Å². The number of ketones is 1. The molecule has 3 rings (SSSR count). The van der Waals surface area contributed by atoms with Crippen molar-refractivity contribution in [3.05, 3.63) is 57.5 Å². The second-order valence-electron chi connectivity index (χ2n) is 7.86. The van der Waals surface area contributed by atoms with Gasteiger partial charge in [0.25, 0.3) is 0 Å². The van der Waals surface area contributed by atoms with E-state index in [1.807, 2.05) is 31.2 Å². The molecule has 5 nitrogen and oxygen atoms in total. The van der Waals surface area contributed by atoms with Gasteiger partial charge in [-0.15, -0.1) is 0 Å². The van der Waals surface area contributed by atoms with Crippen LogP contribution in [0.15, 0.2) is 46.9 Å². The molecule has 0 unspecified atom stereocenters. The predicted octanol–water partition coefficient (Wildman–Crippen LogP) is 3.55. The molecule has 136 valence electrons. The molecule has 0 radical (unpaired) electrons. The van der Waals surface area contributed by atoms with Crippen LogP contribution in [0, 0.1) is 16.7 Å². The molecule has 0 bridgehead atoms. The molecular formula is C20H23ClN4O. The first-order valence-electron chi connectivity index (χ1n) is 8.55. The smallest absolute Gasteiger partial charge is 0.162 e. The number of hydrazine groups is 1. The Morgan fingerprint density at radius 1 is 1.35 bits per heavy atom. The van der Waals surface area contributed by atoms with Gasteiger partial charge in [-0.3, -0.25) is 9.80 Å². The summed E-state index contributed by atoms with van der Waals surface area (Å²) < 4.78 is 0. The minimum Gasteiger partial charge on any atom is -0.383 e. The molecule has 0 amide bonds. The van der Waals surface area contributed by atoms with Crippen molar-refractivity contribution in [3.8, 4) is 6.07 Å². The van der Waals surface area contributed by atoms with Crippen molar-refractivity contribution in [2.75, 3.05) is 14.1 Å². The van der Waals surface area contributed by atoms with Crippen LogP contribution in [-0.4, -0.2) is 29.9 Å².